The Labute approximate surface area is 156 Å². The van der Waals surface area contributed by atoms with Gasteiger partial charge in [-0.3, -0.25) is 0 Å². The van der Waals surface area contributed by atoms with Crippen LogP contribution in [0.3, 0.4) is 0 Å². The van der Waals surface area contributed by atoms with E-state index in [-0.39, 0.29) is 52.3 Å². The zero-order chi connectivity index (χ0) is 13.7. The van der Waals surface area contributed by atoms with Crippen LogP contribution in [0.4, 0.5) is 0 Å². The van der Waals surface area contributed by atoms with Crippen LogP contribution in [0.2, 0.25) is 0 Å². The first-order chi connectivity index (χ1) is 7.66. The Hall–Kier alpha value is 2.63. The summed E-state index contributed by atoms with van der Waals surface area (Å²) in [7, 11) is 0. The van der Waals surface area contributed by atoms with Crippen molar-refractivity contribution < 1.29 is 46.3 Å². The molecule has 0 saturated heterocycles. The third-order valence-electron chi connectivity index (χ3n) is 0.338. The average molecular weight is 678 g/mol. The molecule has 0 rings (SSSR count). The molecular weight excluding hydrogens is 658 g/mol. The fourth-order valence-electron chi connectivity index (χ4n) is 0. The predicted molar refractivity (Wildman–Crippen MR) is 83.5 cm³/mol. The second-order valence-electron chi connectivity index (χ2n) is 1.65. The minimum absolute atomic E-state index is 0. The normalized spacial score (nSPS) is 7.06. The molecular formula is C8H20Br4HfO4. The molecule has 17 heavy (non-hydrogen) atoms. The first-order valence-electron chi connectivity index (χ1n) is 4.33. The Balaban J connectivity index is -0.0000000369. The van der Waals surface area contributed by atoms with Crippen LogP contribution in [0.5, 0.6) is 0 Å². The molecule has 0 atom stereocenters. The summed E-state index contributed by atoms with van der Waals surface area (Å²) in [6.07, 6.45) is 0. The summed E-state index contributed by atoms with van der Waals surface area (Å²) >= 11 is 12.0. The summed E-state index contributed by atoms with van der Waals surface area (Å²) in [5.74, 6) is 0. The van der Waals surface area contributed by atoms with E-state index >= 15 is 0 Å². The number of rotatable bonds is 4. The van der Waals surface area contributed by atoms with Gasteiger partial charge in [0.1, 0.15) is 0 Å². The van der Waals surface area contributed by atoms with Gasteiger partial charge < -0.3 is 20.4 Å². The van der Waals surface area contributed by atoms with E-state index in [9.17, 15) is 0 Å². The molecule has 0 heterocycles. The van der Waals surface area contributed by atoms with Crippen molar-refractivity contribution in [1.29, 1.82) is 0 Å². The smallest absolute Gasteiger partial charge is 0.0528 e. The average Bonchev–Trinajstić information content (AvgIpc) is 2.39. The standard InChI is InChI=1S/4C2H5BrO.Hf/c4*3-1-2-4;/h4*4H,1-2H2;. The van der Waals surface area contributed by atoms with E-state index in [0.29, 0.717) is 21.3 Å². The quantitative estimate of drug-likeness (QED) is 0.269. The van der Waals surface area contributed by atoms with Crippen LogP contribution in [0.25, 0.3) is 0 Å². The molecule has 0 bridgehead atoms. The van der Waals surface area contributed by atoms with Crippen LogP contribution >= 0.6 is 63.7 Å². The van der Waals surface area contributed by atoms with Gasteiger partial charge in [0.15, 0.2) is 0 Å². The molecule has 0 aromatic heterocycles. The van der Waals surface area contributed by atoms with Gasteiger partial charge in [0, 0.05) is 47.2 Å². The van der Waals surface area contributed by atoms with Crippen LogP contribution in [0.15, 0.2) is 0 Å². The Bertz CT molecular complexity index is 53.5. The first-order valence-corrected chi connectivity index (χ1v) is 8.82. The van der Waals surface area contributed by atoms with E-state index in [4.69, 9.17) is 20.4 Å². The van der Waals surface area contributed by atoms with Crippen molar-refractivity contribution >= 4 is 63.7 Å². The Kier molecular flexibility index (Phi) is 96.0. The summed E-state index contributed by atoms with van der Waals surface area (Å²) in [6.45, 7) is 0.944. The Morgan fingerprint density at radius 1 is 0.471 bits per heavy atom. The van der Waals surface area contributed by atoms with E-state index in [2.05, 4.69) is 63.7 Å². The molecule has 0 aliphatic heterocycles. The summed E-state index contributed by atoms with van der Waals surface area (Å²) in [5, 5.41) is 34.1. The zero-order valence-electron chi connectivity index (χ0n) is 9.46. The summed E-state index contributed by atoms with van der Waals surface area (Å²) in [6, 6.07) is 0. The molecule has 4 N–H and O–H groups in total. The monoisotopic (exact) mass is 676 g/mol. The number of aliphatic hydroxyl groups is 4. The van der Waals surface area contributed by atoms with E-state index in [1.165, 1.54) is 0 Å². The molecule has 0 spiro atoms. The maximum atomic E-state index is 7.83. The topological polar surface area (TPSA) is 80.9 Å². The van der Waals surface area contributed by atoms with Crippen molar-refractivity contribution in [3.8, 4) is 0 Å². The van der Waals surface area contributed by atoms with Gasteiger partial charge in [-0.25, -0.2) is 0 Å². The van der Waals surface area contributed by atoms with E-state index in [0.717, 1.165) is 0 Å². The zero-order valence-corrected chi connectivity index (χ0v) is 19.4. The van der Waals surface area contributed by atoms with Gasteiger partial charge in [-0.2, -0.15) is 0 Å². The van der Waals surface area contributed by atoms with Crippen molar-refractivity contribution in [2.75, 3.05) is 47.7 Å². The van der Waals surface area contributed by atoms with Crippen molar-refractivity contribution in [2.24, 2.45) is 0 Å². The van der Waals surface area contributed by atoms with Crippen molar-refractivity contribution in [1.82, 2.24) is 0 Å². The van der Waals surface area contributed by atoms with Crippen molar-refractivity contribution in [3.63, 3.8) is 0 Å². The first kappa shape index (κ1) is 31.8. The van der Waals surface area contributed by atoms with E-state index < -0.39 is 0 Å². The van der Waals surface area contributed by atoms with Crippen LogP contribution < -0.4 is 0 Å². The number of alkyl halides is 4. The second kappa shape index (κ2) is 51.2. The molecule has 0 fully saturated rings. The molecule has 108 valence electrons. The number of hydrogen-bond acceptors (Lipinski definition) is 4. The second-order valence-corrected chi connectivity index (χ2v) is 4.82. The largest absolute Gasteiger partial charge is 0.396 e. The van der Waals surface area contributed by atoms with Gasteiger partial charge in [0.2, 0.25) is 0 Å². The maximum Gasteiger partial charge on any atom is 0.0528 e. The third-order valence-corrected chi connectivity index (χ3v) is 1.76. The van der Waals surface area contributed by atoms with Crippen molar-refractivity contribution in [3.05, 3.63) is 0 Å². The van der Waals surface area contributed by atoms with E-state index in [1.54, 1.807) is 0 Å². The number of hydrogen-bond donors (Lipinski definition) is 4. The van der Waals surface area contributed by atoms with Gasteiger partial charge in [-0.1, -0.05) is 63.7 Å². The molecule has 9 heteroatoms. The molecule has 0 unspecified atom stereocenters. The summed E-state index contributed by atoms with van der Waals surface area (Å²) in [4.78, 5) is 0. The van der Waals surface area contributed by atoms with E-state index in [1.807, 2.05) is 0 Å². The predicted octanol–water partition coefficient (Wildman–Crippen LogP) is 1.49. The van der Waals surface area contributed by atoms with Crippen LogP contribution in [-0.4, -0.2) is 68.2 Å². The Morgan fingerprint density at radius 2 is 0.529 bits per heavy atom. The van der Waals surface area contributed by atoms with Gasteiger partial charge >= 0.3 is 0 Å². The minimum Gasteiger partial charge on any atom is -0.396 e. The minimum atomic E-state index is 0. The van der Waals surface area contributed by atoms with Gasteiger partial charge in [0.25, 0.3) is 0 Å². The molecule has 0 aliphatic rings. The number of halogens is 4. The molecule has 0 amide bonds. The molecule has 0 aromatic rings. The molecule has 0 aromatic carbocycles. The van der Waals surface area contributed by atoms with Crippen molar-refractivity contribution in [2.45, 2.75) is 0 Å². The molecule has 0 saturated carbocycles. The molecule has 4 nitrogen and oxygen atoms in total. The molecule has 0 aliphatic carbocycles. The van der Waals surface area contributed by atoms with Crippen LogP contribution in [0.1, 0.15) is 0 Å². The third kappa shape index (κ3) is 117. The fourth-order valence-corrected chi connectivity index (χ4v) is 0. The molecule has 0 radical (unpaired) electrons. The SMILES string of the molecule is OCCBr.OCCBr.OCCBr.OCCBr.[Hf]. The maximum absolute atomic E-state index is 7.83. The Morgan fingerprint density at radius 3 is 0.529 bits per heavy atom. The van der Waals surface area contributed by atoms with Crippen LogP contribution in [-0.2, 0) is 25.8 Å². The van der Waals surface area contributed by atoms with Gasteiger partial charge in [-0.05, 0) is 0 Å². The fraction of sp³-hybridized carbons (Fsp3) is 1.00. The number of aliphatic hydroxyl groups excluding tert-OH is 4. The van der Waals surface area contributed by atoms with Gasteiger partial charge in [0.05, 0.1) is 26.4 Å². The summed E-state index contributed by atoms with van der Waals surface area (Å²) < 4.78 is 0. The van der Waals surface area contributed by atoms with Gasteiger partial charge in [-0.15, -0.1) is 0 Å². The summed E-state index contributed by atoms with van der Waals surface area (Å²) in [5.41, 5.74) is 0. The van der Waals surface area contributed by atoms with Crippen LogP contribution in [0, 0.1) is 0 Å².